The van der Waals surface area contributed by atoms with Crippen molar-refractivity contribution in [3.8, 4) is 0 Å². The molecule has 2 heterocycles. The number of benzene rings is 1. The molecule has 1 aliphatic rings. The highest BCUT2D eigenvalue weighted by atomic mass is 32.2. The molecule has 2 atom stereocenters. The molecule has 24 heavy (non-hydrogen) atoms. The Kier molecular flexibility index (Phi) is 4.87. The topological polar surface area (TPSA) is 63.7 Å². The lowest BCUT2D eigenvalue weighted by Gasteiger charge is -2.25. The number of Topliss-reactive ketones (excluding diaryl/α,β-unsaturated/α-hetero) is 1. The molecule has 3 rings (SSSR count). The van der Waals surface area contributed by atoms with E-state index < -0.39 is 16.3 Å². The monoisotopic (exact) mass is 365 g/mol. The van der Waals surface area contributed by atoms with Gasteiger partial charge in [-0.25, -0.2) is 8.42 Å². The molecule has 5 nitrogen and oxygen atoms in total. The maximum absolute atomic E-state index is 13.0. The zero-order valence-corrected chi connectivity index (χ0v) is 15.1. The Morgan fingerprint density at radius 3 is 2.62 bits per heavy atom. The first kappa shape index (κ1) is 17.3. The van der Waals surface area contributed by atoms with Gasteiger partial charge in [-0.15, -0.1) is 11.3 Å². The summed E-state index contributed by atoms with van der Waals surface area (Å²) in [5, 5.41) is 1.83. The molecule has 1 aromatic carbocycles. The van der Waals surface area contributed by atoms with Crippen molar-refractivity contribution in [3.63, 3.8) is 0 Å². The number of hydrogen-bond acceptors (Lipinski definition) is 5. The first-order valence-corrected chi connectivity index (χ1v) is 10.00. The van der Waals surface area contributed by atoms with Crippen molar-refractivity contribution in [1.82, 2.24) is 4.31 Å². The van der Waals surface area contributed by atoms with E-state index >= 15 is 0 Å². The molecule has 1 aromatic heterocycles. The molecule has 0 aliphatic carbocycles. The molecule has 2 aromatic rings. The maximum atomic E-state index is 13.0. The van der Waals surface area contributed by atoms with Crippen LogP contribution in [0.25, 0.3) is 0 Å². The van der Waals surface area contributed by atoms with Crippen LogP contribution >= 0.6 is 11.3 Å². The van der Waals surface area contributed by atoms with Crippen molar-refractivity contribution in [1.29, 1.82) is 0 Å². The zero-order valence-electron chi connectivity index (χ0n) is 13.5. The van der Waals surface area contributed by atoms with Crippen molar-refractivity contribution >= 4 is 27.1 Å². The third-order valence-corrected chi connectivity index (χ3v) is 6.93. The average Bonchev–Trinajstić information content (AvgIpc) is 3.18. The van der Waals surface area contributed by atoms with E-state index in [-0.39, 0.29) is 29.7 Å². The lowest BCUT2D eigenvalue weighted by Crippen LogP contribution is -2.41. The zero-order chi connectivity index (χ0) is 17.3. The standard InChI is InChI=1S/C17H19NO4S2/c1-12-5-7-14(8-6-12)24(20,21)18-13(2)11-22-17(18)10-15(19)16-4-3-9-23-16/h3-9,13,17H,10-11H2,1-2H3/t13-,17-/m0/s1. The van der Waals surface area contributed by atoms with E-state index in [1.165, 1.54) is 15.6 Å². The number of nitrogens with zero attached hydrogens (tertiary/aromatic N) is 1. The lowest BCUT2D eigenvalue weighted by atomic mass is 10.2. The van der Waals surface area contributed by atoms with Crippen LogP contribution in [0.2, 0.25) is 0 Å². The molecule has 0 spiro atoms. The van der Waals surface area contributed by atoms with Crippen LogP contribution in [0, 0.1) is 6.92 Å². The molecular weight excluding hydrogens is 346 g/mol. The number of aryl methyl sites for hydroxylation is 1. The van der Waals surface area contributed by atoms with Gasteiger partial charge in [-0.3, -0.25) is 4.79 Å². The average molecular weight is 365 g/mol. The molecule has 128 valence electrons. The van der Waals surface area contributed by atoms with Crippen LogP contribution in [0.1, 0.15) is 28.6 Å². The smallest absolute Gasteiger partial charge is 0.245 e. The van der Waals surface area contributed by atoms with Crippen molar-refractivity contribution < 1.29 is 17.9 Å². The Balaban J connectivity index is 1.86. The van der Waals surface area contributed by atoms with Crippen LogP contribution in [-0.2, 0) is 14.8 Å². The highest BCUT2D eigenvalue weighted by Gasteiger charge is 2.42. The van der Waals surface area contributed by atoms with Crippen LogP contribution in [0.5, 0.6) is 0 Å². The summed E-state index contributed by atoms with van der Waals surface area (Å²) in [5.41, 5.74) is 0.990. The third kappa shape index (κ3) is 3.30. The number of rotatable bonds is 5. The summed E-state index contributed by atoms with van der Waals surface area (Å²) in [5.74, 6) is -0.104. The summed E-state index contributed by atoms with van der Waals surface area (Å²) >= 11 is 1.35. The molecule has 7 heteroatoms. The molecular formula is C17H19NO4S2. The van der Waals surface area contributed by atoms with Gasteiger partial charge < -0.3 is 4.74 Å². The Hall–Kier alpha value is -1.54. The molecule has 0 unspecified atom stereocenters. The van der Waals surface area contributed by atoms with E-state index in [1.807, 2.05) is 12.3 Å². The molecule has 1 fully saturated rings. The minimum absolute atomic E-state index is 0.0238. The fourth-order valence-corrected chi connectivity index (χ4v) is 5.13. The van der Waals surface area contributed by atoms with E-state index in [9.17, 15) is 13.2 Å². The molecule has 0 bridgehead atoms. The normalized spacial score (nSPS) is 21.9. The number of ether oxygens (including phenoxy) is 1. The van der Waals surface area contributed by atoms with Gasteiger partial charge >= 0.3 is 0 Å². The van der Waals surface area contributed by atoms with Gasteiger partial charge in [-0.2, -0.15) is 4.31 Å². The fraction of sp³-hybridized carbons (Fsp3) is 0.353. The Labute approximate surface area is 145 Å². The summed E-state index contributed by atoms with van der Waals surface area (Å²) in [7, 11) is -3.71. The van der Waals surface area contributed by atoms with Crippen LogP contribution in [0.4, 0.5) is 0 Å². The first-order valence-electron chi connectivity index (χ1n) is 7.68. The molecule has 0 radical (unpaired) electrons. The molecule has 0 amide bonds. The van der Waals surface area contributed by atoms with Crippen molar-refractivity contribution in [2.75, 3.05) is 6.61 Å². The third-order valence-electron chi connectivity index (χ3n) is 4.00. The predicted molar refractivity (Wildman–Crippen MR) is 92.7 cm³/mol. The fourth-order valence-electron chi connectivity index (χ4n) is 2.75. The van der Waals surface area contributed by atoms with Gasteiger partial charge in [-0.05, 0) is 37.4 Å². The van der Waals surface area contributed by atoms with Crippen molar-refractivity contribution in [2.45, 2.75) is 37.4 Å². The van der Waals surface area contributed by atoms with Gasteiger partial charge in [0.15, 0.2) is 5.78 Å². The quantitative estimate of drug-likeness (QED) is 0.764. The molecule has 1 saturated heterocycles. The van der Waals surface area contributed by atoms with E-state index in [4.69, 9.17) is 4.74 Å². The minimum Gasteiger partial charge on any atom is -0.360 e. The first-order chi connectivity index (χ1) is 11.4. The number of thiophene rings is 1. The SMILES string of the molecule is Cc1ccc(S(=O)(=O)N2[C@H](CC(=O)c3cccs3)OC[C@@H]2C)cc1. The summed E-state index contributed by atoms with van der Waals surface area (Å²) in [4.78, 5) is 13.2. The van der Waals surface area contributed by atoms with Gasteiger partial charge in [0.2, 0.25) is 10.0 Å². The number of carbonyl (C=O) groups excluding carboxylic acids is 1. The van der Waals surface area contributed by atoms with Gasteiger partial charge in [0.25, 0.3) is 0 Å². The maximum Gasteiger partial charge on any atom is 0.245 e. The minimum atomic E-state index is -3.71. The van der Waals surface area contributed by atoms with E-state index in [0.29, 0.717) is 4.88 Å². The highest BCUT2D eigenvalue weighted by Crippen LogP contribution is 2.29. The van der Waals surface area contributed by atoms with E-state index in [0.717, 1.165) is 5.56 Å². The van der Waals surface area contributed by atoms with Gasteiger partial charge in [-0.1, -0.05) is 23.8 Å². The summed E-state index contributed by atoms with van der Waals surface area (Å²) < 4.78 is 32.9. The summed E-state index contributed by atoms with van der Waals surface area (Å²) in [6, 6.07) is 9.95. The molecule has 1 aliphatic heterocycles. The number of ketones is 1. The second-order valence-corrected chi connectivity index (χ2v) is 8.68. The summed E-state index contributed by atoms with van der Waals surface area (Å²) in [6.45, 7) is 3.98. The van der Waals surface area contributed by atoms with Crippen LogP contribution < -0.4 is 0 Å². The Bertz CT molecular complexity index is 813. The highest BCUT2D eigenvalue weighted by molar-refractivity contribution is 7.89. The second-order valence-electron chi connectivity index (χ2n) is 5.89. The van der Waals surface area contributed by atoms with Gasteiger partial charge in [0.05, 0.1) is 22.8 Å². The van der Waals surface area contributed by atoms with Crippen molar-refractivity contribution in [3.05, 3.63) is 52.2 Å². The second kappa shape index (κ2) is 6.76. The molecule has 0 N–H and O–H groups in total. The molecule has 0 saturated carbocycles. The number of hydrogen-bond donors (Lipinski definition) is 0. The predicted octanol–water partition coefficient (Wildman–Crippen LogP) is 3.07. The van der Waals surface area contributed by atoms with E-state index in [2.05, 4.69) is 0 Å². The number of sulfonamides is 1. The summed E-state index contributed by atoms with van der Waals surface area (Å²) in [6.07, 6.45) is -0.739. The van der Waals surface area contributed by atoms with Crippen LogP contribution in [0.3, 0.4) is 0 Å². The largest absolute Gasteiger partial charge is 0.360 e. The Morgan fingerprint density at radius 1 is 1.29 bits per heavy atom. The van der Waals surface area contributed by atoms with Crippen LogP contribution in [0.15, 0.2) is 46.7 Å². The lowest BCUT2D eigenvalue weighted by molar-refractivity contribution is 0.0541. The van der Waals surface area contributed by atoms with E-state index in [1.54, 1.807) is 43.3 Å². The Morgan fingerprint density at radius 2 is 2.00 bits per heavy atom. The van der Waals surface area contributed by atoms with Gasteiger partial charge in [0.1, 0.15) is 6.23 Å². The van der Waals surface area contributed by atoms with Crippen molar-refractivity contribution in [2.24, 2.45) is 0 Å². The number of carbonyl (C=O) groups is 1. The van der Waals surface area contributed by atoms with Gasteiger partial charge in [0, 0.05) is 6.04 Å². The van der Waals surface area contributed by atoms with Crippen LogP contribution in [-0.4, -0.2) is 37.4 Å².